The Morgan fingerprint density at radius 2 is 2.22 bits per heavy atom. The van der Waals surface area contributed by atoms with Crippen molar-refractivity contribution in [3.05, 3.63) is 41.2 Å². The minimum atomic E-state index is -0.940. The molecule has 0 fully saturated rings. The van der Waals surface area contributed by atoms with Crippen LogP contribution >= 0.6 is 11.3 Å². The van der Waals surface area contributed by atoms with E-state index in [2.05, 4.69) is 10.3 Å². The zero-order valence-corrected chi connectivity index (χ0v) is 14.3. The van der Waals surface area contributed by atoms with Gasteiger partial charge in [-0.15, -0.1) is 11.3 Å². The summed E-state index contributed by atoms with van der Waals surface area (Å²) >= 11 is 1.37. The average Bonchev–Trinajstić information content (AvgIpc) is 2.93. The van der Waals surface area contributed by atoms with Gasteiger partial charge in [0, 0.05) is 17.5 Å². The summed E-state index contributed by atoms with van der Waals surface area (Å²) in [4.78, 5) is 16.3. The lowest BCUT2D eigenvalue weighted by molar-refractivity contribution is -0.122. The number of nitrogens with one attached hydrogen (secondary N) is 1. The van der Waals surface area contributed by atoms with Crippen molar-refractivity contribution in [3.8, 4) is 10.6 Å². The molecule has 6 heteroatoms. The molecule has 0 bridgehead atoms. The largest absolute Gasteiger partial charge is 0.388 e. The van der Waals surface area contributed by atoms with Gasteiger partial charge in [-0.05, 0) is 25.0 Å². The number of rotatable bonds is 6. The van der Waals surface area contributed by atoms with Gasteiger partial charge in [-0.2, -0.15) is 0 Å². The molecule has 0 aliphatic heterocycles. The van der Waals surface area contributed by atoms with Gasteiger partial charge in [-0.25, -0.2) is 9.37 Å². The normalized spacial score (nSPS) is 13.8. The lowest BCUT2D eigenvalue weighted by atomic mass is 9.92. The van der Waals surface area contributed by atoms with Gasteiger partial charge in [0.1, 0.15) is 10.8 Å². The van der Waals surface area contributed by atoms with Gasteiger partial charge in [0.25, 0.3) is 0 Å². The van der Waals surface area contributed by atoms with Crippen LogP contribution in [0.15, 0.2) is 29.6 Å². The molecular weight excluding hydrogens is 315 g/mol. The lowest BCUT2D eigenvalue weighted by Gasteiger charge is -2.27. The smallest absolute Gasteiger partial charge is 0.226 e. The maximum absolute atomic E-state index is 13.2. The molecule has 124 valence electrons. The predicted octanol–water partition coefficient (Wildman–Crippen LogP) is 3.01. The number of aliphatic hydroxyl groups is 1. The highest BCUT2D eigenvalue weighted by Gasteiger charge is 2.25. The van der Waals surface area contributed by atoms with E-state index in [9.17, 15) is 14.3 Å². The van der Waals surface area contributed by atoms with Crippen molar-refractivity contribution in [2.75, 3.05) is 6.54 Å². The molecule has 4 nitrogen and oxygen atoms in total. The van der Waals surface area contributed by atoms with E-state index in [1.807, 2.05) is 13.8 Å². The number of amides is 1. The molecule has 0 aliphatic carbocycles. The van der Waals surface area contributed by atoms with Gasteiger partial charge >= 0.3 is 0 Å². The van der Waals surface area contributed by atoms with E-state index in [1.165, 1.54) is 23.5 Å². The monoisotopic (exact) mass is 336 g/mol. The van der Waals surface area contributed by atoms with Gasteiger partial charge in [-0.3, -0.25) is 4.79 Å². The molecule has 0 aliphatic rings. The van der Waals surface area contributed by atoms with Crippen molar-refractivity contribution in [3.63, 3.8) is 0 Å². The van der Waals surface area contributed by atoms with Crippen LogP contribution in [0.5, 0.6) is 0 Å². The van der Waals surface area contributed by atoms with Crippen LogP contribution < -0.4 is 5.32 Å². The Kier molecular flexibility index (Phi) is 5.49. The summed E-state index contributed by atoms with van der Waals surface area (Å²) in [5.41, 5.74) is 0.394. The summed E-state index contributed by atoms with van der Waals surface area (Å²) in [6, 6.07) is 6.21. The van der Waals surface area contributed by atoms with E-state index >= 15 is 0 Å². The second-order valence-electron chi connectivity index (χ2n) is 6.12. The Morgan fingerprint density at radius 1 is 1.48 bits per heavy atom. The maximum atomic E-state index is 13.2. The van der Waals surface area contributed by atoms with Crippen LogP contribution in [0.2, 0.25) is 0 Å². The third kappa shape index (κ3) is 4.84. The van der Waals surface area contributed by atoms with Crippen molar-refractivity contribution in [1.82, 2.24) is 10.3 Å². The third-order valence-electron chi connectivity index (χ3n) is 3.85. The number of nitrogens with zero attached hydrogens (tertiary/aromatic N) is 1. The predicted molar refractivity (Wildman–Crippen MR) is 89.7 cm³/mol. The minimum absolute atomic E-state index is 0.0432. The number of carbonyl (C=O) groups is 1. The van der Waals surface area contributed by atoms with Gasteiger partial charge in [0.15, 0.2) is 0 Å². The maximum Gasteiger partial charge on any atom is 0.226 e. The fourth-order valence-corrected chi connectivity index (χ4v) is 2.67. The second kappa shape index (κ2) is 7.19. The minimum Gasteiger partial charge on any atom is -0.388 e. The van der Waals surface area contributed by atoms with Crippen LogP contribution in [0.1, 0.15) is 26.5 Å². The van der Waals surface area contributed by atoms with E-state index < -0.39 is 5.60 Å². The van der Waals surface area contributed by atoms with Gasteiger partial charge in [-0.1, -0.05) is 26.0 Å². The van der Waals surface area contributed by atoms with Crippen molar-refractivity contribution < 1.29 is 14.3 Å². The summed E-state index contributed by atoms with van der Waals surface area (Å²) in [7, 11) is 0. The van der Waals surface area contributed by atoms with Crippen LogP contribution in [0.25, 0.3) is 10.6 Å². The van der Waals surface area contributed by atoms with Gasteiger partial charge in [0.05, 0.1) is 17.7 Å². The molecule has 2 aromatic rings. The number of aromatic nitrogens is 1. The molecule has 0 saturated carbocycles. The third-order valence-corrected chi connectivity index (χ3v) is 4.79. The second-order valence-corrected chi connectivity index (χ2v) is 6.98. The first kappa shape index (κ1) is 17.6. The molecule has 0 spiro atoms. The van der Waals surface area contributed by atoms with Crippen LogP contribution in [-0.4, -0.2) is 28.1 Å². The molecule has 1 amide bonds. The van der Waals surface area contributed by atoms with E-state index in [1.54, 1.807) is 24.4 Å². The molecule has 0 radical (unpaired) electrons. The Labute approximate surface area is 139 Å². The zero-order chi connectivity index (χ0) is 17.0. The van der Waals surface area contributed by atoms with Crippen molar-refractivity contribution in [2.24, 2.45) is 5.92 Å². The molecule has 2 rings (SSSR count). The lowest BCUT2D eigenvalue weighted by Crippen LogP contribution is -2.44. The molecule has 2 N–H and O–H groups in total. The summed E-state index contributed by atoms with van der Waals surface area (Å²) < 4.78 is 13.2. The quantitative estimate of drug-likeness (QED) is 0.852. The number of hydrogen-bond acceptors (Lipinski definition) is 4. The van der Waals surface area contributed by atoms with Crippen LogP contribution in [0.4, 0.5) is 4.39 Å². The average molecular weight is 336 g/mol. The van der Waals surface area contributed by atoms with Gasteiger partial charge in [0.2, 0.25) is 5.91 Å². The number of halogens is 1. The standard InChI is InChI=1S/C17H21FN2O2S/c1-11(2)17(3,22)10-19-15(21)8-14-9-23-16(20-14)12-5-4-6-13(18)7-12/h4-7,9,11,22H,8,10H2,1-3H3,(H,19,21). The summed E-state index contributed by atoms with van der Waals surface area (Å²) in [6.07, 6.45) is 0.139. The molecule has 1 heterocycles. The molecule has 1 aromatic carbocycles. The Morgan fingerprint density at radius 3 is 2.87 bits per heavy atom. The highest BCUT2D eigenvalue weighted by atomic mass is 32.1. The number of benzene rings is 1. The summed E-state index contributed by atoms with van der Waals surface area (Å²) in [5, 5.41) is 15.3. The fraction of sp³-hybridized carbons (Fsp3) is 0.412. The van der Waals surface area contributed by atoms with Crippen LogP contribution in [-0.2, 0) is 11.2 Å². The van der Waals surface area contributed by atoms with Crippen molar-refractivity contribution in [1.29, 1.82) is 0 Å². The highest BCUT2D eigenvalue weighted by molar-refractivity contribution is 7.13. The van der Waals surface area contributed by atoms with Crippen molar-refractivity contribution >= 4 is 17.2 Å². The highest BCUT2D eigenvalue weighted by Crippen LogP contribution is 2.24. The Bertz CT molecular complexity index is 683. The van der Waals surface area contributed by atoms with Crippen LogP contribution in [0, 0.1) is 11.7 Å². The molecule has 1 aromatic heterocycles. The molecule has 1 unspecified atom stereocenters. The number of thiazole rings is 1. The summed E-state index contributed by atoms with van der Waals surface area (Å²) in [6.45, 7) is 5.70. The number of hydrogen-bond donors (Lipinski definition) is 2. The number of carbonyl (C=O) groups excluding carboxylic acids is 1. The first-order valence-electron chi connectivity index (χ1n) is 7.47. The van der Waals surface area contributed by atoms with E-state index in [-0.39, 0.29) is 30.6 Å². The Hall–Kier alpha value is -1.79. The first-order chi connectivity index (χ1) is 10.8. The Balaban J connectivity index is 1.95. The summed E-state index contributed by atoms with van der Waals surface area (Å²) in [5.74, 6) is -0.462. The van der Waals surface area contributed by atoms with E-state index in [0.717, 1.165) is 0 Å². The molecular formula is C17H21FN2O2S. The fourth-order valence-electron chi connectivity index (χ4n) is 1.85. The molecule has 0 saturated heterocycles. The van der Waals surface area contributed by atoms with E-state index in [0.29, 0.717) is 16.3 Å². The molecule has 23 heavy (non-hydrogen) atoms. The topological polar surface area (TPSA) is 62.2 Å². The van der Waals surface area contributed by atoms with Crippen LogP contribution in [0.3, 0.4) is 0 Å². The first-order valence-corrected chi connectivity index (χ1v) is 8.35. The molecule has 1 atom stereocenters. The zero-order valence-electron chi connectivity index (χ0n) is 13.5. The van der Waals surface area contributed by atoms with Gasteiger partial charge < -0.3 is 10.4 Å². The van der Waals surface area contributed by atoms with Crippen molar-refractivity contribution in [2.45, 2.75) is 32.8 Å². The SMILES string of the molecule is CC(C)C(C)(O)CNC(=O)Cc1csc(-c2cccc(F)c2)n1. The van der Waals surface area contributed by atoms with E-state index in [4.69, 9.17) is 0 Å².